The first-order valence-electron chi connectivity index (χ1n) is 4.08. The zero-order valence-corrected chi connectivity index (χ0v) is 9.27. The number of hydrogen-bond donors (Lipinski definition) is 0. The third-order valence-electron chi connectivity index (χ3n) is 1.96. The Bertz CT molecular complexity index is 288. The number of ether oxygens (including phenoxy) is 1. The molecule has 0 fully saturated rings. The second kappa shape index (κ2) is 4.61. The van der Waals surface area contributed by atoms with E-state index in [1.807, 2.05) is 0 Å². The average Bonchev–Trinajstić information content (AvgIpc) is 2.16. The Hall–Kier alpha value is -0.570. The van der Waals surface area contributed by atoms with Gasteiger partial charge in [0.25, 0.3) is 0 Å². The molecule has 0 spiro atoms. The van der Waals surface area contributed by atoms with Gasteiger partial charge in [0.15, 0.2) is 0 Å². The van der Waals surface area contributed by atoms with Gasteiger partial charge in [-0.2, -0.15) is 0 Å². The van der Waals surface area contributed by atoms with Crippen molar-refractivity contribution in [2.75, 3.05) is 12.4 Å². The predicted molar refractivity (Wildman–Crippen MR) is 55.2 cm³/mol. The van der Waals surface area contributed by atoms with Crippen LogP contribution in [0.25, 0.3) is 0 Å². The van der Waals surface area contributed by atoms with Gasteiger partial charge < -0.3 is 4.74 Å². The molecule has 1 aromatic carbocycles. The molecule has 13 heavy (non-hydrogen) atoms. The lowest BCUT2D eigenvalue weighted by Gasteiger charge is -2.12. The summed E-state index contributed by atoms with van der Waals surface area (Å²) in [6.45, 7) is 2.06. The minimum Gasteiger partial charge on any atom is -0.496 e. The molecule has 72 valence electrons. The second-order valence-electron chi connectivity index (χ2n) is 2.94. The first-order valence-corrected chi connectivity index (χ1v) is 5.20. The van der Waals surface area contributed by atoms with Gasteiger partial charge in [-0.3, -0.25) is 0 Å². The number of rotatable bonds is 3. The molecule has 1 aromatic rings. The molecule has 1 nitrogen and oxygen atoms in total. The molecule has 0 bridgehead atoms. The van der Waals surface area contributed by atoms with Crippen molar-refractivity contribution in [2.24, 2.45) is 0 Å². The summed E-state index contributed by atoms with van der Waals surface area (Å²) < 4.78 is 17.9. The Morgan fingerprint density at radius 1 is 1.54 bits per heavy atom. The number of hydrogen-bond acceptors (Lipinski definition) is 1. The van der Waals surface area contributed by atoms with E-state index < -0.39 is 0 Å². The van der Waals surface area contributed by atoms with Crippen LogP contribution in [0, 0.1) is 5.82 Å². The molecule has 0 saturated carbocycles. The lowest BCUT2D eigenvalue weighted by Crippen LogP contribution is -1.98. The highest BCUT2D eigenvalue weighted by atomic mass is 79.9. The fourth-order valence-corrected chi connectivity index (χ4v) is 1.52. The standard InChI is InChI=1S/C10H12BrFO/c1-7(6-11)9-4-3-8(12)5-10(9)13-2/h3-5,7H,6H2,1-2H3. The fourth-order valence-electron chi connectivity index (χ4n) is 1.18. The van der Waals surface area contributed by atoms with Gasteiger partial charge in [0.2, 0.25) is 0 Å². The molecule has 0 aliphatic carbocycles. The van der Waals surface area contributed by atoms with Crippen LogP contribution in [0.1, 0.15) is 18.4 Å². The summed E-state index contributed by atoms with van der Waals surface area (Å²) in [6, 6.07) is 4.63. The molecule has 0 aliphatic rings. The molecule has 3 heteroatoms. The second-order valence-corrected chi connectivity index (χ2v) is 3.59. The van der Waals surface area contributed by atoms with E-state index in [-0.39, 0.29) is 5.82 Å². The number of halogens is 2. The molecule has 0 aromatic heterocycles. The number of alkyl halides is 1. The zero-order chi connectivity index (χ0) is 9.84. The Balaban J connectivity index is 3.05. The van der Waals surface area contributed by atoms with Crippen molar-refractivity contribution in [3.63, 3.8) is 0 Å². The predicted octanol–water partition coefficient (Wildman–Crippen LogP) is 3.33. The van der Waals surface area contributed by atoms with Crippen LogP contribution in [0.15, 0.2) is 18.2 Å². The topological polar surface area (TPSA) is 9.23 Å². The maximum absolute atomic E-state index is 12.8. The third-order valence-corrected chi connectivity index (χ3v) is 2.93. The average molecular weight is 247 g/mol. The Kier molecular flexibility index (Phi) is 3.72. The fraction of sp³-hybridized carbons (Fsp3) is 0.400. The van der Waals surface area contributed by atoms with E-state index in [9.17, 15) is 4.39 Å². The molecule has 1 rings (SSSR count). The van der Waals surface area contributed by atoms with Crippen LogP contribution in [0.5, 0.6) is 5.75 Å². The quantitative estimate of drug-likeness (QED) is 0.744. The van der Waals surface area contributed by atoms with Crippen molar-refractivity contribution in [1.29, 1.82) is 0 Å². The van der Waals surface area contributed by atoms with E-state index >= 15 is 0 Å². The summed E-state index contributed by atoms with van der Waals surface area (Å²) in [7, 11) is 1.55. The largest absolute Gasteiger partial charge is 0.496 e. The van der Waals surface area contributed by atoms with E-state index in [0.717, 1.165) is 10.9 Å². The van der Waals surface area contributed by atoms with Crippen molar-refractivity contribution in [3.05, 3.63) is 29.6 Å². The Morgan fingerprint density at radius 2 is 2.23 bits per heavy atom. The van der Waals surface area contributed by atoms with Crippen molar-refractivity contribution >= 4 is 15.9 Å². The minimum atomic E-state index is -0.262. The van der Waals surface area contributed by atoms with Gasteiger partial charge in [-0.15, -0.1) is 0 Å². The van der Waals surface area contributed by atoms with Crippen LogP contribution < -0.4 is 4.74 Å². The highest BCUT2D eigenvalue weighted by Gasteiger charge is 2.10. The minimum absolute atomic E-state index is 0.262. The summed E-state index contributed by atoms with van der Waals surface area (Å²) in [5, 5.41) is 0.842. The highest BCUT2D eigenvalue weighted by molar-refractivity contribution is 9.09. The molecule has 0 amide bonds. The van der Waals surface area contributed by atoms with Crippen LogP contribution in [0.3, 0.4) is 0 Å². The number of methoxy groups -OCH3 is 1. The van der Waals surface area contributed by atoms with Gasteiger partial charge in [0.1, 0.15) is 11.6 Å². The Morgan fingerprint density at radius 3 is 2.77 bits per heavy atom. The van der Waals surface area contributed by atoms with Crippen LogP contribution >= 0.6 is 15.9 Å². The van der Waals surface area contributed by atoms with Gasteiger partial charge >= 0.3 is 0 Å². The van der Waals surface area contributed by atoms with E-state index in [1.165, 1.54) is 12.1 Å². The van der Waals surface area contributed by atoms with E-state index in [0.29, 0.717) is 11.7 Å². The van der Waals surface area contributed by atoms with Crippen LogP contribution in [0.2, 0.25) is 0 Å². The van der Waals surface area contributed by atoms with E-state index in [4.69, 9.17) is 4.74 Å². The molecular formula is C10H12BrFO. The van der Waals surface area contributed by atoms with Crippen LogP contribution in [0.4, 0.5) is 4.39 Å². The first-order chi connectivity index (χ1) is 6.19. The molecule has 1 unspecified atom stereocenters. The van der Waals surface area contributed by atoms with Gasteiger partial charge in [0, 0.05) is 11.4 Å². The number of benzene rings is 1. The van der Waals surface area contributed by atoms with E-state index in [1.54, 1.807) is 13.2 Å². The van der Waals surface area contributed by atoms with Crippen LogP contribution in [-0.2, 0) is 0 Å². The van der Waals surface area contributed by atoms with Crippen molar-refractivity contribution < 1.29 is 9.13 Å². The molecule has 0 radical (unpaired) electrons. The monoisotopic (exact) mass is 246 g/mol. The maximum Gasteiger partial charge on any atom is 0.126 e. The van der Waals surface area contributed by atoms with Crippen LogP contribution in [-0.4, -0.2) is 12.4 Å². The molecule has 0 saturated heterocycles. The van der Waals surface area contributed by atoms with Crippen molar-refractivity contribution in [1.82, 2.24) is 0 Å². The van der Waals surface area contributed by atoms with E-state index in [2.05, 4.69) is 22.9 Å². The van der Waals surface area contributed by atoms with Crippen molar-refractivity contribution in [2.45, 2.75) is 12.8 Å². The SMILES string of the molecule is COc1cc(F)ccc1C(C)CBr. The normalized spacial score (nSPS) is 12.6. The molecule has 0 N–H and O–H groups in total. The summed E-state index contributed by atoms with van der Waals surface area (Å²) in [5.74, 6) is 0.685. The Labute approximate surface area is 86.0 Å². The maximum atomic E-state index is 12.8. The van der Waals surface area contributed by atoms with Gasteiger partial charge in [-0.05, 0) is 17.5 Å². The molecule has 0 aliphatic heterocycles. The molecule has 0 heterocycles. The van der Waals surface area contributed by atoms with Gasteiger partial charge in [-0.1, -0.05) is 28.9 Å². The summed E-state index contributed by atoms with van der Waals surface area (Å²) in [5.41, 5.74) is 1.03. The lowest BCUT2D eigenvalue weighted by molar-refractivity contribution is 0.404. The zero-order valence-electron chi connectivity index (χ0n) is 7.68. The lowest BCUT2D eigenvalue weighted by atomic mass is 10.0. The summed E-state index contributed by atoms with van der Waals surface area (Å²) >= 11 is 3.38. The molecular weight excluding hydrogens is 235 g/mol. The summed E-state index contributed by atoms with van der Waals surface area (Å²) in [6.07, 6.45) is 0. The van der Waals surface area contributed by atoms with Crippen molar-refractivity contribution in [3.8, 4) is 5.75 Å². The summed E-state index contributed by atoms with van der Waals surface area (Å²) in [4.78, 5) is 0. The molecule has 1 atom stereocenters. The smallest absolute Gasteiger partial charge is 0.126 e. The highest BCUT2D eigenvalue weighted by Crippen LogP contribution is 2.28. The third kappa shape index (κ3) is 2.44. The van der Waals surface area contributed by atoms with Gasteiger partial charge in [-0.25, -0.2) is 4.39 Å². The first kappa shape index (κ1) is 10.5. The van der Waals surface area contributed by atoms with Gasteiger partial charge in [0.05, 0.1) is 7.11 Å².